The van der Waals surface area contributed by atoms with Gasteiger partial charge in [-0.1, -0.05) is 54.6 Å². The molecule has 2 saturated heterocycles. The summed E-state index contributed by atoms with van der Waals surface area (Å²) < 4.78 is 18.6. The highest BCUT2D eigenvalue weighted by atomic mass is 16.6. The van der Waals surface area contributed by atoms with E-state index in [1.54, 1.807) is 0 Å². The van der Waals surface area contributed by atoms with E-state index < -0.39 is 27.8 Å². The van der Waals surface area contributed by atoms with Gasteiger partial charge in [0, 0.05) is 102 Å². The first-order valence-corrected chi connectivity index (χ1v) is 25.8. The van der Waals surface area contributed by atoms with E-state index in [9.17, 15) is 24.8 Å². The number of carbonyl (C=O) groups is 3. The molecule has 2 radical (unpaired) electrons. The summed E-state index contributed by atoms with van der Waals surface area (Å²) in [6, 6.07) is 36.1. The Morgan fingerprint density at radius 3 is 1.38 bits per heavy atom. The number of esters is 3. The topological polar surface area (TPSA) is 132 Å². The normalized spacial score (nSPS) is 21.3. The number of anilines is 2. The number of hydrogen-bond donors (Lipinski definition) is 0. The summed E-state index contributed by atoms with van der Waals surface area (Å²) in [4.78, 5) is 45.3. The van der Waals surface area contributed by atoms with Crippen molar-refractivity contribution >= 4 is 29.3 Å². The fourth-order valence-electron chi connectivity index (χ4n) is 12.8. The Morgan fingerprint density at radius 2 is 0.958 bits per heavy atom. The summed E-state index contributed by atoms with van der Waals surface area (Å²) in [7, 11) is 0. The van der Waals surface area contributed by atoms with Gasteiger partial charge in [-0.15, -0.1) is 20.5 Å². The van der Waals surface area contributed by atoms with Crippen molar-refractivity contribution in [1.29, 1.82) is 0 Å². The maximum Gasteiger partial charge on any atom is 0.340 e. The average Bonchev–Trinajstić information content (AvgIpc) is 3.65. The summed E-state index contributed by atoms with van der Waals surface area (Å²) in [5.41, 5.74) is 7.33. The van der Waals surface area contributed by atoms with Gasteiger partial charge in [-0.05, 0) is 158 Å². The summed E-state index contributed by atoms with van der Waals surface area (Å²) in [5, 5.41) is 28.0. The molecule has 0 N–H and O–H groups in total. The van der Waals surface area contributed by atoms with Gasteiger partial charge in [0.25, 0.3) is 0 Å². The first kappa shape index (κ1) is 49.5. The third kappa shape index (κ3) is 9.20. The molecular weight excluding hydrogens is 905 g/mol. The van der Waals surface area contributed by atoms with Crippen LogP contribution in [0.5, 0.6) is 0 Å². The molecule has 10 rings (SSSR count). The number of piperidine rings is 2. The monoisotopic (exact) mass is 973 g/mol. The minimum atomic E-state index is -1.15. The number of fused-ring (bicyclic) bond motifs is 3. The first-order valence-electron chi connectivity index (χ1n) is 25.8. The van der Waals surface area contributed by atoms with Crippen molar-refractivity contribution in [3.05, 3.63) is 165 Å². The van der Waals surface area contributed by atoms with Gasteiger partial charge in [0.2, 0.25) is 0 Å². The van der Waals surface area contributed by atoms with Crippen LogP contribution in [0.1, 0.15) is 164 Å². The SMILES string of the molecule is CC1(C)CC(OC(=O)c2ccc(CN3CCCc4cc(C5(c6ccc7c(c6)CCCN7Cc6ccc(C(=O)OC7CC(C)(C)N([O])C(C)(C)C7)cc6)OC(=O)c6ccccc65)ccc43)cc2)CC(C)(C)N1[O]. The van der Waals surface area contributed by atoms with Gasteiger partial charge in [-0.2, -0.15) is 0 Å². The van der Waals surface area contributed by atoms with E-state index in [2.05, 4.69) is 46.2 Å². The van der Waals surface area contributed by atoms with Crippen LogP contribution in [-0.2, 0) is 56.2 Å². The number of hydroxylamine groups is 4. The van der Waals surface area contributed by atoms with E-state index in [1.165, 1.54) is 11.1 Å². The second-order valence-electron chi connectivity index (χ2n) is 23.5. The Hall–Kier alpha value is -6.05. The molecule has 0 saturated carbocycles. The Morgan fingerprint density at radius 1 is 0.556 bits per heavy atom. The lowest BCUT2D eigenvalue weighted by Gasteiger charge is -2.49. The van der Waals surface area contributed by atoms with Crippen molar-refractivity contribution < 1.29 is 39.0 Å². The average molecular weight is 973 g/mol. The second kappa shape index (κ2) is 18.5. The third-order valence-electron chi connectivity index (χ3n) is 16.0. The Bertz CT molecular complexity index is 2690. The molecule has 12 heteroatoms. The predicted molar refractivity (Wildman–Crippen MR) is 274 cm³/mol. The van der Waals surface area contributed by atoms with Crippen molar-refractivity contribution in [1.82, 2.24) is 10.1 Å². The van der Waals surface area contributed by atoms with Crippen LogP contribution in [0, 0.1) is 0 Å². The molecule has 376 valence electrons. The van der Waals surface area contributed by atoms with Gasteiger partial charge in [0.05, 0.1) is 16.7 Å². The lowest BCUT2D eigenvalue weighted by molar-refractivity contribution is -0.298. The van der Waals surface area contributed by atoms with Crippen LogP contribution in [0.3, 0.4) is 0 Å². The molecule has 5 aromatic rings. The molecule has 0 aromatic heterocycles. The summed E-state index contributed by atoms with van der Waals surface area (Å²) in [6.07, 6.45) is 4.92. The fraction of sp³-hybridized carbons (Fsp3) is 0.450. The minimum Gasteiger partial charge on any atom is -0.459 e. The third-order valence-corrected chi connectivity index (χ3v) is 16.0. The molecule has 0 bridgehead atoms. The molecule has 2 fully saturated rings. The molecule has 5 aliphatic rings. The van der Waals surface area contributed by atoms with Crippen LogP contribution in [0.15, 0.2) is 109 Å². The maximum atomic E-state index is 13.9. The zero-order valence-corrected chi connectivity index (χ0v) is 43.1. The summed E-state index contributed by atoms with van der Waals surface area (Å²) in [5.74, 6) is -1.09. The van der Waals surface area contributed by atoms with Crippen molar-refractivity contribution in [2.24, 2.45) is 0 Å². The van der Waals surface area contributed by atoms with Gasteiger partial charge in [0.1, 0.15) is 12.2 Å². The standard InChI is InChI=1S/C60H68N4O8/c1-56(2)33-47(34-57(3,4)63(56)68)70-53(65)41-21-17-39(18-22-41)37-61-29-11-13-43-31-45(25-27-51(43)61)60(50-16-10-9-15-49(50)55(67)72-60)46-26-28-52-44(32-46)14-12-30-62(52)38-40-19-23-42(24-20-40)54(66)71-48-35-58(5,6)64(69)59(7,8)36-48/h9-10,15-28,31-32,47-48H,11-14,29-30,33-38H2,1-8H3. The van der Waals surface area contributed by atoms with Gasteiger partial charge in [-0.25, -0.2) is 14.4 Å². The van der Waals surface area contributed by atoms with Crippen molar-refractivity contribution in [2.75, 3.05) is 22.9 Å². The molecule has 72 heavy (non-hydrogen) atoms. The first-order chi connectivity index (χ1) is 34.1. The predicted octanol–water partition coefficient (Wildman–Crippen LogP) is 11.1. The van der Waals surface area contributed by atoms with Crippen molar-refractivity contribution in [2.45, 2.75) is 160 Å². The number of aryl methyl sites for hydroxylation is 2. The highest BCUT2D eigenvalue weighted by Crippen LogP contribution is 2.50. The zero-order valence-electron chi connectivity index (χ0n) is 43.1. The smallest absolute Gasteiger partial charge is 0.340 e. The van der Waals surface area contributed by atoms with Crippen molar-refractivity contribution in [3.8, 4) is 0 Å². The van der Waals surface area contributed by atoms with Gasteiger partial charge >= 0.3 is 17.9 Å². The Kier molecular flexibility index (Phi) is 12.7. The Balaban J connectivity index is 0.858. The van der Waals surface area contributed by atoms with E-state index in [4.69, 9.17) is 14.2 Å². The Labute approximate surface area is 424 Å². The van der Waals surface area contributed by atoms with E-state index in [-0.39, 0.29) is 30.1 Å². The van der Waals surface area contributed by atoms with Crippen LogP contribution in [0.2, 0.25) is 0 Å². The van der Waals surface area contributed by atoms with Crippen LogP contribution in [0.25, 0.3) is 0 Å². The molecule has 0 aliphatic carbocycles. The zero-order chi connectivity index (χ0) is 51.0. The van der Waals surface area contributed by atoms with Gasteiger partial charge in [-0.3, -0.25) is 0 Å². The van der Waals surface area contributed by atoms with Gasteiger partial charge < -0.3 is 24.0 Å². The quantitative estimate of drug-likeness (QED) is 0.0984. The number of carbonyl (C=O) groups excluding carboxylic acids is 3. The second-order valence-corrected chi connectivity index (χ2v) is 23.5. The van der Waals surface area contributed by atoms with Crippen LogP contribution in [0.4, 0.5) is 11.4 Å². The van der Waals surface area contributed by atoms with E-state index >= 15 is 0 Å². The van der Waals surface area contributed by atoms with Crippen LogP contribution < -0.4 is 9.80 Å². The molecule has 0 amide bonds. The van der Waals surface area contributed by atoms with E-state index in [0.29, 0.717) is 55.5 Å². The summed E-state index contributed by atoms with van der Waals surface area (Å²) in [6.45, 7) is 18.3. The largest absolute Gasteiger partial charge is 0.459 e. The molecule has 5 aromatic carbocycles. The number of hydrogen-bond acceptors (Lipinski definition) is 10. The molecule has 0 spiro atoms. The highest BCUT2D eigenvalue weighted by Gasteiger charge is 2.51. The number of benzene rings is 5. The van der Waals surface area contributed by atoms with Crippen LogP contribution >= 0.6 is 0 Å². The number of nitrogens with zero attached hydrogens (tertiary/aromatic N) is 4. The lowest BCUT2D eigenvalue weighted by Crippen LogP contribution is -2.60. The lowest BCUT2D eigenvalue weighted by atomic mass is 9.78. The van der Waals surface area contributed by atoms with E-state index in [0.717, 1.165) is 88.1 Å². The van der Waals surface area contributed by atoms with Gasteiger partial charge in [0.15, 0.2) is 5.60 Å². The highest BCUT2D eigenvalue weighted by molar-refractivity contribution is 5.96. The minimum absolute atomic E-state index is 0.341. The molecular formula is C60H68N4O8. The van der Waals surface area contributed by atoms with Crippen molar-refractivity contribution in [3.63, 3.8) is 0 Å². The molecule has 0 atom stereocenters. The van der Waals surface area contributed by atoms with Crippen LogP contribution in [-0.4, -0.2) is 75.5 Å². The number of rotatable bonds is 10. The molecule has 12 nitrogen and oxygen atoms in total. The summed E-state index contributed by atoms with van der Waals surface area (Å²) >= 11 is 0. The molecule has 5 aliphatic heterocycles. The fourth-order valence-corrected chi connectivity index (χ4v) is 12.8. The van der Waals surface area contributed by atoms with E-state index in [1.807, 2.05) is 128 Å². The number of ether oxygens (including phenoxy) is 3. The number of cyclic esters (lactones) is 1. The molecule has 5 heterocycles. The molecule has 0 unspecified atom stereocenters. The maximum absolute atomic E-state index is 13.9.